The van der Waals surface area contributed by atoms with Gasteiger partial charge in [0.25, 0.3) is 0 Å². The highest BCUT2D eigenvalue weighted by atomic mass is 19.1. The highest BCUT2D eigenvalue weighted by Gasteiger charge is 2.60. The van der Waals surface area contributed by atoms with Crippen molar-refractivity contribution < 1.29 is 18.4 Å². The Hall–Kier alpha value is -3.43. The Morgan fingerprint density at radius 3 is 2.43 bits per heavy atom. The maximum Gasteiger partial charge on any atom is 0.316 e. The maximum absolute atomic E-state index is 15.0. The number of fused-ring (bicyclic) bond motifs is 4. The number of alkyl halides is 1. The molecule has 3 heterocycles. The molecule has 7 saturated carbocycles. The van der Waals surface area contributed by atoms with Gasteiger partial charge in [-0.2, -0.15) is 4.98 Å². The Bertz CT molecular complexity index is 1470. The van der Waals surface area contributed by atoms with Crippen LogP contribution in [0.25, 0.3) is 11.1 Å². The number of pyridine rings is 1. The molecule has 7 aliphatic rings. The third-order valence-electron chi connectivity index (χ3n) is 11.0. The lowest BCUT2D eigenvalue weighted by molar-refractivity contribution is -0.124. The van der Waals surface area contributed by atoms with Crippen LogP contribution >= 0.6 is 0 Å². The van der Waals surface area contributed by atoms with Crippen LogP contribution in [0.15, 0.2) is 35.2 Å². The summed E-state index contributed by atoms with van der Waals surface area (Å²) in [5.74, 6) is 2.66. The molecule has 3 aromatic rings. The van der Waals surface area contributed by atoms with Crippen LogP contribution in [-0.2, 0) is 10.2 Å². The predicted molar refractivity (Wildman–Crippen MR) is 152 cm³/mol. The van der Waals surface area contributed by atoms with Crippen molar-refractivity contribution in [1.82, 2.24) is 25.1 Å². The SMILES string of the molecule is CCOc1ncc(-c2ccnc(N(CC34CCC(c5nc(C6CC6)no5)(CC3)CC4)C(=O)C3CC4(F)CC3C4)c2)cn1. The molecule has 7 aliphatic carbocycles. The Morgan fingerprint density at radius 2 is 1.79 bits per heavy atom. The first-order valence-corrected chi connectivity index (χ1v) is 15.6. The van der Waals surface area contributed by atoms with Crippen molar-refractivity contribution in [2.75, 3.05) is 18.1 Å². The molecule has 4 bridgehead atoms. The molecular weight excluding hydrogens is 535 g/mol. The number of nitrogens with zero attached hydrogens (tertiary/aromatic N) is 6. The quantitative estimate of drug-likeness (QED) is 0.309. The molecule has 1 atom stereocenters. The van der Waals surface area contributed by atoms with Gasteiger partial charge in [0.2, 0.25) is 11.8 Å². The standard InChI is InChI=1S/C32H37FN6O3/c1-2-41-29-35-17-23(18-36-29)21-5-12-34-25(13-21)39(27(40)24-16-32(33)14-22(24)15-32)19-30-6-9-31(10-7-30,11-8-30)28-37-26(38-42-28)20-3-4-20/h5,12-13,17-18,20,22,24H,2-4,6-11,14-16,19H2,1H3. The van der Waals surface area contributed by atoms with Crippen LogP contribution in [0, 0.1) is 17.3 Å². The van der Waals surface area contributed by atoms with Gasteiger partial charge in [0.1, 0.15) is 11.5 Å². The smallest absolute Gasteiger partial charge is 0.316 e. The molecular formula is C32H37FN6O3. The molecule has 9 nitrogen and oxygen atoms in total. The number of aromatic nitrogens is 5. The van der Waals surface area contributed by atoms with Gasteiger partial charge in [0.15, 0.2) is 5.82 Å². The molecule has 0 saturated heterocycles. The van der Waals surface area contributed by atoms with Gasteiger partial charge < -0.3 is 9.26 Å². The minimum Gasteiger partial charge on any atom is -0.464 e. The van der Waals surface area contributed by atoms with Crippen molar-refractivity contribution in [2.45, 2.75) is 94.6 Å². The molecule has 3 aromatic heterocycles. The lowest BCUT2D eigenvalue weighted by Crippen LogP contribution is -2.52. The molecule has 1 unspecified atom stereocenters. The lowest BCUT2D eigenvalue weighted by Gasteiger charge is -2.53. The molecule has 7 fully saturated rings. The van der Waals surface area contributed by atoms with Gasteiger partial charge in [-0.1, -0.05) is 5.16 Å². The number of anilines is 1. The highest BCUT2D eigenvalue weighted by molar-refractivity contribution is 5.95. The Balaban J connectivity index is 1.06. The van der Waals surface area contributed by atoms with E-state index < -0.39 is 5.67 Å². The molecule has 10 heteroatoms. The Kier molecular flexibility index (Phi) is 5.96. The lowest BCUT2D eigenvalue weighted by atomic mass is 9.53. The number of halogens is 1. The van der Waals surface area contributed by atoms with Crippen LogP contribution in [-0.4, -0.2) is 49.8 Å². The summed E-state index contributed by atoms with van der Waals surface area (Å²) in [6.07, 6.45) is 14.8. The fourth-order valence-electron chi connectivity index (χ4n) is 8.18. The maximum atomic E-state index is 15.0. The van der Waals surface area contributed by atoms with E-state index in [1.54, 1.807) is 18.6 Å². The normalized spacial score (nSPS) is 32.9. The number of carbonyl (C=O) groups is 1. The number of rotatable bonds is 9. The van der Waals surface area contributed by atoms with Crippen molar-refractivity contribution in [3.63, 3.8) is 0 Å². The summed E-state index contributed by atoms with van der Waals surface area (Å²) in [5, 5.41) is 4.31. The van der Waals surface area contributed by atoms with Crippen molar-refractivity contribution in [3.05, 3.63) is 42.4 Å². The van der Waals surface area contributed by atoms with Crippen molar-refractivity contribution in [1.29, 1.82) is 0 Å². The average molecular weight is 573 g/mol. The van der Waals surface area contributed by atoms with E-state index in [1.165, 1.54) is 0 Å². The first-order chi connectivity index (χ1) is 20.4. The van der Waals surface area contributed by atoms with Crippen LogP contribution in [0.3, 0.4) is 0 Å². The van der Waals surface area contributed by atoms with E-state index in [0.717, 1.165) is 74.2 Å². The molecule has 0 N–H and O–H groups in total. The second kappa shape index (κ2) is 9.54. The zero-order valence-electron chi connectivity index (χ0n) is 24.1. The summed E-state index contributed by atoms with van der Waals surface area (Å²) in [4.78, 5) is 34.3. The molecule has 42 heavy (non-hydrogen) atoms. The van der Waals surface area contributed by atoms with Crippen LogP contribution in [0.4, 0.5) is 10.2 Å². The van der Waals surface area contributed by atoms with Crippen LogP contribution in [0.1, 0.15) is 95.2 Å². The van der Waals surface area contributed by atoms with Crippen molar-refractivity contribution in [3.8, 4) is 17.1 Å². The predicted octanol–water partition coefficient (Wildman–Crippen LogP) is 5.96. The zero-order valence-corrected chi connectivity index (χ0v) is 24.1. The van der Waals surface area contributed by atoms with Gasteiger partial charge in [0.05, 0.1) is 6.61 Å². The van der Waals surface area contributed by atoms with Gasteiger partial charge in [-0.15, -0.1) is 0 Å². The number of ether oxygens (including phenoxy) is 1. The molecule has 10 rings (SSSR count). The number of amides is 1. The van der Waals surface area contributed by atoms with E-state index in [4.69, 9.17) is 19.2 Å². The van der Waals surface area contributed by atoms with E-state index in [1.807, 2.05) is 24.0 Å². The Morgan fingerprint density at radius 1 is 1.05 bits per heavy atom. The second-order valence-electron chi connectivity index (χ2n) is 13.7. The van der Waals surface area contributed by atoms with Crippen molar-refractivity contribution in [2.24, 2.45) is 17.3 Å². The molecule has 0 aliphatic heterocycles. The van der Waals surface area contributed by atoms with E-state index in [-0.39, 0.29) is 28.6 Å². The first-order valence-electron chi connectivity index (χ1n) is 15.6. The first kappa shape index (κ1) is 26.2. The summed E-state index contributed by atoms with van der Waals surface area (Å²) >= 11 is 0. The summed E-state index contributed by atoms with van der Waals surface area (Å²) in [5.41, 5.74) is 0.485. The third-order valence-corrected chi connectivity index (χ3v) is 11.0. The molecule has 1 amide bonds. The second-order valence-corrected chi connectivity index (χ2v) is 13.7. The topological polar surface area (TPSA) is 107 Å². The molecule has 0 aromatic carbocycles. The number of hydrogen-bond acceptors (Lipinski definition) is 8. The molecule has 0 radical (unpaired) electrons. The van der Waals surface area contributed by atoms with Gasteiger partial charge in [0, 0.05) is 47.9 Å². The highest BCUT2D eigenvalue weighted by Crippen LogP contribution is 2.60. The van der Waals surface area contributed by atoms with Crippen molar-refractivity contribution >= 4 is 11.7 Å². The number of hydrogen-bond donors (Lipinski definition) is 0. The fraction of sp³-hybridized carbons (Fsp3) is 0.625. The summed E-state index contributed by atoms with van der Waals surface area (Å²) in [7, 11) is 0. The summed E-state index contributed by atoms with van der Waals surface area (Å²) in [6.45, 7) is 2.99. The zero-order chi connectivity index (χ0) is 28.5. The van der Waals surface area contributed by atoms with Crippen LogP contribution in [0.5, 0.6) is 6.01 Å². The minimum atomic E-state index is -1.16. The number of carbonyl (C=O) groups excluding carboxylic acids is 1. The monoisotopic (exact) mass is 572 g/mol. The summed E-state index contributed by atoms with van der Waals surface area (Å²) < 4.78 is 26.2. The third kappa shape index (κ3) is 4.40. The Labute approximate surface area is 244 Å². The van der Waals surface area contributed by atoms with Crippen LogP contribution < -0.4 is 9.64 Å². The van der Waals surface area contributed by atoms with Crippen LogP contribution in [0.2, 0.25) is 0 Å². The summed E-state index contributed by atoms with van der Waals surface area (Å²) in [6, 6.07) is 4.19. The van der Waals surface area contributed by atoms with E-state index in [0.29, 0.717) is 50.2 Å². The van der Waals surface area contributed by atoms with Gasteiger partial charge >= 0.3 is 6.01 Å². The molecule has 220 valence electrons. The van der Waals surface area contributed by atoms with Gasteiger partial charge in [-0.05, 0) is 107 Å². The molecule has 0 spiro atoms. The van der Waals surface area contributed by atoms with Gasteiger partial charge in [-0.25, -0.2) is 19.3 Å². The fourth-order valence-corrected chi connectivity index (χ4v) is 8.18. The van der Waals surface area contributed by atoms with E-state index >= 15 is 0 Å². The average Bonchev–Trinajstić information content (AvgIpc) is 3.48. The van der Waals surface area contributed by atoms with E-state index in [9.17, 15) is 9.18 Å². The minimum absolute atomic E-state index is 0.00829. The van der Waals surface area contributed by atoms with Gasteiger partial charge in [-0.3, -0.25) is 9.69 Å². The van der Waals surface area contributed by atoms with E-state index in [2.05, 4.69) is 15.1 Å². The largest absolute Gasteiger partial charge is 0.464 e.